The lowest BCUT2D eigenvalue weighted by Crippen LogP contribution is -1.96. The summed E-state index contributed by atoms with van der Waals surface area (Å²) in [5, 5.41) is 0. The predicted molar refractivity (Wildman–Crippen MR) is 53.0 cm³/mol. The first-order chi connectivity index (χ1) is 5.63. The Hall–Kier alpha value is -1.11. The van der Waals surface area contributed by atoms with E-state index in [1.165, 1.54) is 5.56 Å². The van der Waals surface area contributed by atoms with E-state index in [2.05, 4.69) is 31.5 Å². The highest BCUT2D eigenvalue weighted by Crippen LogP contribution is 2.21. The molecule has 0 fully saturated rings. The molecule has 1 heteroatoms. The molecule has 0 unspecified atom stereocenters. The number of allylic oxidation sites excluding steroid dienone is 1. The van der Waals surface area contributed by atoms with Gasteiger partial charge in [-0.2, -0.15) is 0 Å². The second kappa shape index (κ2) is 3.53. The van der Waals surface area contributed by atoms with E-state index in [0.29, 0.717) is 5.92 Å². The number of hydrogen-bond donors (Lipinski definition) is 0. The van der Waals surface area contributed by atoms with Crippen molar-refractivity contribution in [3.63, 3.8) is 0 Å². The van der Waals surface area contributed by atoms with E-state index in [1.807, 2.05) is 19.2 Å². The molecule has 0 N–H and O–H groups in total. The van der Waals surface area contributed by atoms with Gasteiger partial charge in [-0.15, -0.1) is 0 Å². The van der Waals surface area contributed by atoms with Gasteiger partial charge in [0, 0.05) is 6.20 Å². The van der Waals surface area contributed by atoms with Gasteiger partial charge in [-0.3, -0.25) is 4.98 Å². The standard InChI is InChI=1S/C11H15N/c1-8(2)10-6-5-7-12-11(10)9(3)4/h5-7,9H,1H2,2-4H3. The third kappa shape index (κ3) is 1.73. The Morgan fingerprint density at radius 1 is 1.50 bits per heavy atom. The van der Waals surface area contributed by atoms with Gasteiger partial charge in [0.25, 0.3) is 0 Å². The zero-order valence-corrected chi connectivity index (χ0v) is 7.96. The highest BCUT2D eigenvalue weighted by Gasteiger charge is 2.06. The van der Waals surface area contributed by atoms with E-state index in [4.69, 9.17) is 0 Å². The van der Waals surface area contributed by atoms with Crippen LogP contribution >= 0.6 is 0 Å². The topological polar surface area (TPSA) is 12.9 Å². The largest absolute Gasteiger partial charge is 0.260 e. The molecule has 64 valence electrons. The van der Waals surface area contributed by atoms with Crippen molar-refractivity contribution in [2.45, 2.75) is 26.7 Å². The molecule has 0 amide bonds. The lowest BCUT2D eigenvalue weighted by atomic mass is 10.00. The Kier molecular flexibility index (Phi) is 2.64. The second-order valence-corrected chi connectivity index (χ2v) is 3.37. The fraction of sp³-hybridized carbons (Fsp3) is 0.364. The van der Waals surface area contributed by atoms with Crippen molar-refractivity contribution >= 4 is 5.57 Å². The molecule has 0 bridgehead atoms. The van der Waals surface area contributed by atoms with Crippen LogP contribution in [-0.2, 0) is 0 Å². The van der Waals surface area contributed by atoms with Crippen LogP contribution in [0, 0.1) is 0 Å². The van der Waals surface area contributed by atoms with E-state index in [0.717, 1.165) is 11.3 Å². The zero-order chi connectivity index (χ0) is 9.14. The third-order valence-electron chi connectivity index (χ3n) is 1.85. The Bertz CT molecular complexity index is 287. The minimum atomic E-state index is 0.470. The molecule has 0 atom stereocenters. The quantitative estimate of drug-likeness (QED) is 0.649. The molecule has 0 saturated carbocycles. The molecule has 1 nitrogen and oxygen atoms in total. The van der Waals surface area contributed by atoms with Gasteiger partial charge < -0.3 is 0 Å². The van der Waals surface area contributed by atoms with Gasteiger partial charge in [0.1, 0.15) is 0 Å². The summed E-state index contributed by atoms with van der Waals surface area (Å²) in [5.41, 5.74) is 3.42. The number of aromatic nitrogens is 1. The number of hydrogen-bond acceptors (Lipinski definition) is 1. The maximum atomic E-state index is 4.34. The van der Waals surface area contributed by atoms with Crippen LogP contribution < -0.4 is 0 Å². The Balaban J connectivity index is 3.17. The highest BCUT2D eigenvalue weighted by molar-refractivity contribution is 5.63. The van der Waals surface area contributed by atoms with E-state index >= 15 is 0 Å². The Morgan fingerprint density at radius 3 is 2.58 bits per heavy atom. The van der Waals surface area contributed by atoms with E-state index < -0.39 is 0 Å². The summed E-state index contributed by atoms with van der Waals surface area (Å²) in [5.74, 6) is 0.470. The van der Waals surface area contributed by atoms with Crippen molar-refractivity contribution in [3.05, 3.63) is 36.2 Å². The molecule has 0 aliphatic heterocycles. The molecule has 0 aromatic carbocycles. The molecule has 1 aromatic rings. The summed E-state index contributed by atoms with van der Waals surface area (Å²) < 4.78 is 0. The summed E-state index contributed by atoms with van der Waals surface area (Å²) in [7, 11) is 0. The number of pyridine rings is 1. The second-order valence-electron chi connectivity index (χ2n) is 3.37. The summed E-state index contributed by atoms with van der Waals surface area (Å²) >= 11 is 0. The molecular weight excluding hydrogens is 146 g/mol. The molecule has 0 spiro atoms. The zero-order valence-electron chi connectivity index (χ0n) is 7.96. The number of rotatable bonds is 2. The molecule has 0 aliphatic rings. The van der Waals surface area contributed by atoms with Gasteiger partial charge in [-0.05, 0) is 30.0 Å². The summed E-state index contributed by atoms with van der Waals surface area (Å²) in [6, 6.07) is 4.03. The molecule has 1 heterocycles. The lowest BCUT2D eigenvalue weighted by molar-refractivity contribution is 0.818. The fourth-order valence-corrected chi connectivity index (χ4v) is 1.24. The van der Waals surface area contributed by atoms with Crippen LogP contribution in [0.4, 0.5) is 0 Å². The van der Waals surface area contributed by atoms with Crippen LogP contribution in [0.5, 0.6) is 0 Å². The van der Waals surface area contributed by atoms with Crippen LogP contribution in [0.1, 0.15) is 37.9 Å². The van der Waals surface area contributed by atoms with Crippen LogP contribution in [0.25, 0.3) is 5.57 Å². The van der Waals surface area contributed by atoms with Crippen molar-refractivity contribution < 1.29 is 0 Å². The Morgan fingerprint density at radius 2 is 2.17 bits per heavy atom. The van der Waals surface area contributed by atoms with E-state index in [-0.39, 0.29) is 0 Å². The summed E-state index contributed by atoms with van der Waals surface area (Å²) in [6.45, 7) is 10.2. The average Bonchev–Trinajstić information content (AvgIpc) is 2.04. The fourth-order valence-electron chi connectivity index (χ4n) is 1.24. The lowest BCUT2D eigenvalue weighted by Gasteiger charge is -2.10. The van der Waals surface area contributed by atoms with Gasteiger partial charge in [-0.1, -0.05) is 26.5 Å². The first kappa shape index (κ1) is 8.98. The van der Waals surface area contributed by atoms with Crippen molar-refractivity contribution in [1.29, 1.82) is 0 Å². The summed E-state index contributed by atoms with van der Waals surface area (Å²) in [6.07, 6.45) is 1.84. The molecule has 0 radical (unpaired) electrons. The van der Waals surface area contributed by atoms with Gasteiger partial charge >= 0.3 is 0 Å². The maximum absolute atomic E-state index is 4.34. The van der Waals surface area contributed by atoms with Crippen LogP contribution in [0.2, 0.25) is 0 Å². The van der Waals surface area contributed by atoms with Crippen molar-refractivity contribution in [2.75, 3.05) is 0 Å². The smallest absolute Gasteiger partial charge is 0.0503 e. The monoisotopic (exact) mass is 161 g/mol. The van der Waals surface area contributed by atoms with Crippen LogP contribution in [-0.4, -0.2) is 4.98 Å². The van der Waals surface area contributed by atoms with Crippen molar-refractivity contribution in [1.82, 2.24) is 4.98 Å². The molecule has 1 aromatic heterocycles. The molecule has 12 heavy (non-hydrogen) atoms. The van der Waals surface area contributed by atoms with Crippen LogP contribution in [0.3, 0.4) is 0 Å². The SMILES string of the molecule is C=C(C)c1cccnc1C(C)C. The van der Waals surface area contributed by atoms with E-state index in [9.17, 15) is 0 Å². The normalized spacial score (nSPS) is 10.3. The van der Waals surface area contributed by atoms with Crippen LogP contribution in [0.15, 0.2) is 24.9 Å². The molecule has 1 rings (SSSR count). The Labute approximate surface area is 74.2 Å². The minimum absolute atomic E-state index is 0.470. The van der Waals surface area contributed by atoms with Gasteiger partial charge in [0.15, 0.2) is 0 Å². The van der Waals surface area contributed by atoms with Gasteiger partial charge in [-0.25, -0.2) is 0 Å². The first-order valence-electron chi connectivity index (χ1n) is 4.23. The minimum Gasteiger partial charge on any atom is -0.260 e. The highest BCUT2D eigenvalue weighted by atomic mass is 14.7. The maximum Gasteiger partial charge on any atom is 0.0503 e. The van der Waals surface area contributed by atoms with Gasteiger partial charge in [0.2, 0.25) is 0 Å². The molecule has 0 saturated heterocycles. The average molecular weight is 161 g/mol. The third-order valence-corrected chi connectivity index (χ3v) is 1.85. The van der Waals surface area contributed by atoms with Crippen molar-refractivity contribution in [3.8, 4) is 0 Å². The van der Waals surface area contributed by atoms with E-state index in [1.54, 1.807) is 0 Å². The first-order valence-corrected chi connectivity index (χ1v) is 4.23. The number of nitrogens with zero attached hydrogens (tertiary/aromatic N) is 1. The molecule has 0 aliphatic carbocycles. The molecular formula is C11H15N. The van der Waals surface area contributed by atoms with Gasteiger partial charge in [0.05, 0.1) is 5.69 Å². The predicted octanol–water partition coefficient (Wildman–Crippen LogP) is 3.24. The summed E-state index contributed by atoms with van der Waals surface area (Å²) in [4.78, 5) is 4.34. The van der Waals surface area contributed by atoms with Crippen molar-refractivity contribution in [2.24, 2.45) is 0 Å².